The van der Waals surface area contributed by atoms with Crippen molar-refractivity contribution in [2.45, 2.75) is 13.8 Å². The Balaban J connectivity index is 1.73. The molecule has 1 aliphatic heterocycles. The van der Waals surface area contributed by atoms with E-state index in [9.17, 15) is 4.79 Å². The van der Waals surface area contributed by atoms with E-state index < -0.39 is 0 Å². The lowest BCUT2D eigenvalue weighted by Crippen LogP contribution is -2.28. The molecule has 172 valence electrons. The van der Waals surface area contributed by atoms with Gasteiger partial charge in [0.05, 0.1) is 26.3 Å². The van der Waals surface area contributed by atoms with Gasteiger partial charge in [0.15, 0.2) is 10.9 Å². The molecule has 7 heteroatoms. The molecule has 0 N–H and O–H groups in total. The van der Waals surface area contributed by atoms with Crippen molar-refractivity contribution in [2.24, 2.45) is 4.99 Å². The molecule has 0 unspecified atom stereocenters. The standard InChI is InChI=1S/C27H22Cl2N2O2S/c1-4-13-33-25-22(28)14-19(15-23(25)29)16-24-26(32)31(21-11-7-18(3)8-12-21)27(34-24)30-20-9-5-17(2)6-10-20/h4-12,14-16H,1,13H2,2-3H3/b24-16-,30-27?. The van der Waals surface area contributed by atoms with Crippen LogP contribution in [0.5, 0.6) is 5.75 Å². The number of carbonyl (C=O) groups is 1. The highest BCUT2D eigenvalue weighted by Crippen LogP contribution is 2.39. The van der Waals surface area contributed by atoms with Crippen LogP contribution < -0.4 is 9.64 Å². The molecule has 1 heterocycles. The number of amidine groups is 1. The number of halogens is 2. The average Bonchev–Trinajstić information content (AvgIpc) is 3.10. The summed E-state index contributed by atoms with van der Waals surface area (Å²) in [6, 6.07) is 19.1. The number of thioether (sulfide) groups is 1. The summed E-state index contributed by atoms with van der Waals surface area (Å²) in [5, 5.41) is 1.30. The molecule has 0 aromatic heterocycles. The molecule has 1 amide bonds. The van der Waals surface area contributed by atoms with E-state index in [4.69, 9.17) is 32.9 Å². The Morgan fingerprint density at radius 1 is 1.00 bits per heavy atom. The van der Waals surface area contributed by atoms with E-state index in [0.29, 0.717) is 38.0 Å². The summed E-state index contributed by atoms with van der Waals surface area (Å²) in [5.74, 6) is 0.220. The number of rotatable bonds is 6. The van der Waals surface area contributed by atoms with Gasteiger partial charge in [-0.2, -0.15) is 0 Å². The van der Waals surface area contributed by atoms with Crippen LogP contribution in [0.3, 0.4) is 0 Å². The second-order valence-electron chi connectivity index (χ2n) is 7.73. The average molecular weight is 509 g/mol. The highest BCUT2D eigenvalue weighted by molar-refractivity contribution is 8.19. The second kappa shape index (κ2) is 10.5. The van der Waals surface area contributed by atoms with Crippen molar-refractivity contribution in [3.8, 4) is 5.75 Å². The highest BCUT2D eigenvalue weighted by atomic mass is 35.5. The molecule has 0 spiro atoms. The first-order valence-corrected chi connectivity index (χ1v) is 12.1. The van der Waals surface area contributed by atoms with Crippen LogP contribution in [0.2, 0.25) is 10.0 Å². The summed E-state index contributed by atoms with van der Waals surface area (Å²) in [4.78, 5) is 20.4. The van der Waals surface area contributed by atoms with Crippen molar-refractivity contribution in [3.05, 3.63) is 105 Å². The van der Waals surface area contributed by atoms with Gasteiger partial charge in [-0.05, 0) is 73.6 Å². The second-order valence-corrected chi connectivity index (χ2v) is 9.55. The minimum atomic E-state index is -0.168. The predicted molar refractivity (Wildman–Crippen MR) is 145 cm³/mol. The van der Waals surface area contributed by atoms with Gasteiger partial charge in [0, 0.05) is 0 Å². The van der Waals surface area contributed by atoms with Gasteiger partial charge in [-0.15, -0.1) is 0 Å². The van der Waals surface area contributed by atoms with Crippen molar-refractivity contribution in [1.29, 1.82) is 0 Å². The van der Waals surface area contributed by atoms with Crippen LogP contribution in [0.15, 0.2) is 83.2 Å². The van der Waals surface area contributed by atoms with Crippen LogP contribution in [0.1, 0.15) is 16.7 Å². The van der Waals surface area contributed by atoms with E-state index >= 15 is 0 Å². The van der Waals surface area contributed by atoms with Crippen molar-refractivity contribution >= 4 is 63.5 Å². The number of aliphatic imine (C=N–C) groups is 1. The maximum absolute atomic E-state index is 13.5. The third-order valence-corrected chi connectivity index (χ3v) is 6.55. The molecule has 0 saturated carbocycles. The maximum Gasteiger partial charge on any atom is 0.271 e. The number of anilines is 1. The molecule has 1 saturated heterocycles. The smallest absolute Gasteiger partial charge is 0.271 e. The fraction of sp³-hybridized carbons (Fsp3) is 0.111. The highest BCUT2D eigenvalue weighted by Gasteiger charge is 2.34. The lowest BCUT2D eigenvalue weighted by atomic mass is 10.2. The van der Waals surface area contributed by atoms with Gasteiger partial charge in [0.2, 0.25) is 0 Å². The van der Waals surface area contributed by atoms with Crippen LogP contribution in [0, 0.1) is 13.8 Å². The van der Waals surface area contributed by atoms with Gasteiger partial charge in [-0.1, -0.05) is 71.2 Å². The molecular weight excluding hydrogens is 487 g/mol. The van der Waals surface area contributed by atoms with Crippen LogP contribution in [0.4, 0.5) is 11.4 Å². The number of amides is 1. The van der Waals surface area contributed by atoms with Crippen LogP contribution >= 0.6 is 35.0 Å². The first-order valence-electron chi connectivity index (χ1n) is 10.5. The normalized spacial score (nSPS) is 15.9. The zero-order chi connectivity index (χ0) is 24.2. The molecule has 1 fully saturated rings. The molecule has 3 aromatic carbocycles. The van der Waals surface area contributed by atoms with Gasteiger partial charge in [0.1, 0.15) is 6.61 Å². The van der Waals surface area contributed by atoms with E-state index in [1.165, 1.54) is 11.8 Å². The predicted octanol–water partition coefficient (Wildman–Crippen LogP) is 7.98. The van der Waals surface area contributed by atoms with Crippen molar-refractivity contribution in [3.63, 3.8) is 0 Å². The molecule has 4 nitrogen and oxygen atoms in total. The minimum Gasteiger partial charge on any atom is -0.486 e. The Morgan fingerprint density at radius 2 is 1.59 bits per heavy atom. The number of ether oxygens (including phenoxy) is 1. The molecular formula is C27H22Cl2N2O2S. The number of carbonyl (C=O) groups excluding carboxylic acids is 1. The van der Waals surface area contributed by atoms with E-state index in [0.717, 1.165) is 22.5 Å². The van der Waals surface area contributed by atoms with Crippen LogP contribution in [0.25, 0.3) is 6.08 Å². The first kappa shape index (κ1) is 24.1. The van der Waals surface area contributed by atoms with Crippen molar-refractivity contribution in [1.82, 2.24) is 0 Å². The third kappa shape index (κ3) is 5.39. The number of nitrogens with zero attached hydrogens (tertiary/aromatic N) is 2. The summed E-state index contributed by atoms with van der Waals surface area (Å²) in [6.45, 7) is 7.95. The number of hydrogen-bond donors (Lipinski definition) is 0. The van der Waals surface area contributed by atoms with Crippen LogP contribution in [-0.4, -0.2) is 17.7 Å². The Labute approximate surface area is 213 Å². The molecule has 0 radical (unpaired) electrons. The quantitative estimate of drug-likeness (QED) is 0.250. The lowest BCUT2D eigenvalue weighted by molar-refractivity contribution is -0.113. The Kier molecular flexibility index (Phi) is 7.47. The van der Waals surface area contributed by atoms with E-state index in [2.05, 4.69) is 6.58 Å². The Hall–Kier alpha value is -2.99. The summed E-state index contributed by atoms with van der Waals surface area (Å²) >= 11 is 14.1. The number of aryl methyl sites for hydroxylation is 2. The number of benzene rings is 3. The van der Waals surface area contributed by atoms with Gasteiger partial charge < -0.3 is 4.74 Å². The van der Waals surface area contributed by atoms with Gasteiger partial charge in [0.25, 0.3) is 5.91 Å². The fourth-order valence-electron chi connectivity index (χ4n) is 3.29. The maximum atomic E-state index is 13.5. The minimum absolute atomic E-state index is 0.168. The van der Waals surface area contributed by atoms with E-state index in [1.54, 1.807) is 29.2 Å². The summed E-state index contributed by atoms with van der Waals surface area (Å²) in [7, 11) is 0. The van der Waals surface area contributed by atoms with Gasteiger partial charge in [-0.3, -0.25) is 9.69 Å². The van der Waals surface area contributed by atoms with Gasteiger partial charge >= 0.3 is 0 Å². The van der Waals surface area contributed by atoms with Crippen molar-refractivity contribution < 1.29 is 9.53 Å². The SMILES string of the molecule is C=CCOc1c(Cl)cc(/C=C2\SC(=Nc3ccc(C)cc3)N(c3ccc(C)cc3)C2=O)cc1Cl. The fourth-order valence-corrected chi connectivity index (χ4v) is 4.91. The number of hydrogen-bond acceptors (Lipinski definition) is 4. The molecule has 34 heavy (non-hydrogen) atoms. The zero-order valence-corrected chi connectivity index (χ0v) is 21.0. The molecule has 4 rings (SSSR count). The molecule has 1 aliphatic rings. The van der Waals surface area contributed by atoms with E-state index in [-0.39, 0.29) is 5.91 Å². The molecule has 3 aromatic rings. The monoisotopic (exact) mass is 508 g/mol. The van der Waals surface area contributed by atoms with E-state index in [1.807, 2.05) is 62.4 Å². The van der Waals surface area contributed by atoms with Gasteiger partial charge in [-0.25, -0.2) is 4.99 Å². The first-order chi connectivity index (χ1) is 16.4. The topological polar surface area (TPSA) is 41.9 Å². The lowest BCUT2D eigenvalue weighted by Gasteiger charge is -2.16. The Morgan fingerprint density at radius 3 is 2.18 bits per heavy atom. The largest absolute Gasteiger partial charge is 0.486 e. The van der Waals surface area contributed by atoms with Crippen LogP contribution in [-0.2, 0) is 4.79 Å². The summed E-state index contributed by atoms with van der Waals surface area (Å²) in [6.07, 6.45) is 3.38. The van der Waals surface area contributed by atoms with Crippen molar-refractivity contribution in [2.75, 3.05) is 11.5 Å². The third-order valence-electron chi connectivity index (χ3n) is 5.02. The summed E-state index contributed by atoms with van der Waals surface area (Å²) in [5.41, 5.74) is 4.47. The molecule has 0 atom stereocenters. The molecule has 0 bridgehead atoms. The Bertz CT molecular complexity index is 1280. The molecule has 0 aliphatic carbocycles. The summed E-state index contributed by atoms with van der Waals surface area (Å²) < 4.78 is 5.54. The zero-order valence-electron chi connectivity index (χ0n) is 18.7.